The molecule has 0 radical (unpaired) electrons. The molecule has 0 N–H and O–H groups in total. The second-order valence-electron chi connectivity index (χ2n) is 10.0. The molecule has 0 heterocycles. The zero-order chi connectivity index (χ0) is 23.5. The summed E-state index contributed by atoms with van der Waals surface area (Å²) in [5.41, 5.74) is 2.88. The first-order valence-corrected chi connectivity index (χ1v) is 13.7. The Balaban J connectivity index is 1.77. The van der Waals surface area contributed by atoms with Gasteiger partial charge in [0.05, 0.1) is 19.3 Å². The lowest BCUT2D eigenvalue weighted by molar-refractivity contribution is 0.0600. The zero-order valence-electron chi connectivity index (χ0n) is 20.1. The summed E-state index contributed by atoms with van der Waals surface area (Å²) in [7, 11) is -1.20. The molecule has 4 rings (SSSR count). The van der Waals surface area contributed by atoms with Gasteiger partial charge >= 0.3 is 5.97 Å². The molecule has 172 valence electrons. The molecule has 1 saturated carbocycles. The average molecular weight is 459 g/mol. The van der Waals surface area contributed by atoms with E-state index in [2.05, 4.69) is 87.5 Å². The molecular weight excluding hydrogens is 424 g/mol. The van der Waals surface area contributed by atoms with Crippen LogP contribution in [0.1, 0.15) is 67.4 Å². The largest absolute Gasteiger partial charge is 0.465 e. The molecule has 1 fully saturated rings. The Labute approximate surface area is 198 Å². The van der Waals surface area contributed by atoms with Crippen molar-refractivity contribution >= 4 is 24.7 Å². The first kappa shape index (κ1) is 23.5. The number of methoxy groups -OCH3 is 1. The van der Waals surface area contributed by atoms with Crippen LogP contribution in [0.4, 0.5) is 0 Å². The van der Waals surface area contributed by atoms with Gasteiger partial charge in [-0.25, -0.2) is 4.79 Å². The molecule has 3 aromatic rings. The summed E-state index contributed by atoms with van der Waals surface area (Å²) >= 11 is 0. The van der Waals surface area contributed by atoms with Crippen LogP contribution in [0, 0.1) is 0 Å². The molecular formula is C29H34O3Si. The molecule has 3 aromatic carbocycles. The number of hydrogen-bond donors (Lipinski definition) is 0. The van der Waals surface area contributed by atoms with Crippen molar-refractivity contribution in [2.45, 2.75) is 57.6 Å². The van der Waals surface area contributed by atoms with Gasteiger partial charge in [0.2, 0.25) is 0 Å². The standard InChI is InChI=1S/C29H34O3Si/c1-29(2,3)33(26-14-7-5-8-15-26,27-16-9-6-10-17-27)32-21-22-18-24(23-12-11-13-23)20-25(19-22)28(30)31-4/h5-10,14-20,23H,11-13,21H2,1-4H3. The van der Waals surface area contributed by atoms with Crippen molar-refractivity contribution in [1.29, 1.82) is 0 Å². The monoisotopic (exact) mass is 458 g/mol. The molecule has 4 heteroatoms. The Morgan fingerprint density at radius 3 is 1.94 bits per heavy atom. The van der Waals surface area contributed by atoms with Gasteiger partial charge in [0.1, 0.15) is 0 Å². The summed E-state index contributed by atoms with van der Waals surface area (Å²) in [6.45, 7) is 7.30. The fraction of sp³-hybridized carbons (Fsp3) is 0.345. The molecule has 0 unspecified atom stereocenters. The average Bonchev–Trinajstić information content (AvgIpc) is 2.78. The molecule has 3 nitrogen and oxygen atoms in total. The minimum absolute atomic E-state index is 0.0908. The van der Waals surface area contributed by atoms with Crippen molar-refractivity contribution in [3.05, 3.63) is 95.6 Å². The van der Waals surface area contributed by atoms with E-state index in [-0.39, 0.29) is 11.0 Å². The van der Waals surface area contributed by atoms with Gasteiger partial charge < -0.3 is 9.16 Å². The normalized spacial score (nSPS) is 14.5. The van der Waals surface area contributed by atoms with Crippen molar-refractivity contribution in [2.24, 2.45) is 0 Å². The number of carbonyl (C=O) groups is 1. The number of hydrogen-bond acceptors (Lipinski definition) is 3. The van der Waals surface area contributed by atoms with E-state index in [1.54, 1.807) is 0 Å². The molecule has 0 saturated heterocycles. The van der Waals surface area contributed by atoms with Gasteiger partial charge in [-0.05, 0) is 57.4 Å². The lowest BCUT2D eigenvalue weighted by Crippen LogP contribution is -2.66. The van der Waals surface area contributed by atoms with Gasteiger partial charge in [0, 0.05) is 0 Å². The van der Waals surface area contributed by atoms with Crippen LogP contribution < -0.4 is 10.4 Å². The quantitative estimate of drug-likeness (QED) is 0.331. The van der Waals surface area contributed by atoms with Gasteiger partial charge in [-0.2, -0.15) is 0 Å². The predicted octanol–water partition coefficient (Wildman–Crippen LogP) is 5.82. The summed E-state index contributed by atoms with van der Waals surface area (Å²) in [5.74, 6) is 0.240. The van der Waals surface area contributed by atoms with Crippen LogP contribution in [-0.4, -0.2) is 21.4 Å². The maximum atomic E-state index is 12.4. The van der Waals surface area contributed by atoms with E-state index in [4.69, 9.17) is 9.16 Å². The van der Waals surface area contributed by atoms with E-state index in [0.717, 1.165) is 5.56 Å². The summed E-state index contributed by atoms with van der Waals surface area (Å²) < 4.78 is 12.1. The molecule has 1 aliphatic carbocycles. The second kappa shape index (κ2) is 9.66. The van der Waals surface area contributed by atoms with E-state index >= 15 is 0 Å². The smallest absolute Gasteiger partial charge is 0.337 e. The van der Waals surface area contributed by atoms with Gasteiger partial charge in [-0.3, -0.25) is 0 Å². The lowest BCUT2D eigenvalue weighted by atomic mass is 9.79. The Morgan fingerprint density at radius 2 is 1.48 bits per heavy atom. The van der Waals surface area contributed by atoms with Crippen LogP contribution in [0.25, 0.3) is 0 Å². The van der Waals surface area contributed by atoms with Crippen molar-refractivity contribution in [3.63, 3.8) is 0 Å². The SMILES string of the molecule is COC(=O)c1cc(CO[Si](c2ccccc2)(c2ccccc2)C(C)(C)C)cc(C2CCC2)c1. The fourth-order valence-electron chi connectivity index (χ4n) is 4.97. The molecule has 0 spiro atoms. The highest BCUT2D eigenvalue weighted by atomic mass is 28.4. The maximum Gasteiger partial charge on any atom is 0.337 e. The number of esters is 1. The summed E-state index contributed by atoms with van der Waals surface area (Å²) in [4.78, 5) is 12.4. The minimum atomic E-state index is -2.64. The predicted molar refractivity (Wildman–Crippen MR) is 137 cm³/mol. The van der Waals surface area contributed by atoms with E-state index in [1.165, 1.54) is 42.3 Å². The Bertz CT molecular complexity index is 1040. The van der Waals surface area contributed by atoms with Crippen LogP contribution in [0.5, 0.6) is 0 Å². The third-order valence-electron chi connectivity index (χ3n) is 6.88. The maximum absolute atomic E-state index is 12.4. The van der Waals surface area contributed by atoms with Crippen LogP contribution in [0.2, 0.25) is 5.04 Å². The van der Waals surface area contributed by atoms with Crippen LogP contribution >= 0.6 is 0 Å². The van der Waals surface area contributed by atoms with Gasteiger partial charge in [-0.15, -0.1) is 0 Å². The van der Waals surface area contributed by atoms with E-state index in [1.807, 2.05) is 12.1 Å². The third-order valence-corrected chi connectivity index (χ3v) is 11.9. The van der Waals surface area contributed by atoms with E-state index in [0.29, 0.717) is 18.1 Å². The van der Waals surface area contributed by atoms with E-state index < -0.39 is 8.32 Å². The highest BCUT2D eigenvalue weighted by molar-refractivity contribution is 6.99. The summed E-state index contributed by atoms with van der Waals surface area (Å²) in [5, 5.41) is 2.42. The second-order valence-corrected chi connectivity index (χ2v) is 14.3. The zero-order valence-corrected chi connectivity index (χ0v) is 21.1. The Hall–Kier alpha value is -2.69. The molecule has 0 aliphatic heterocycles. The Morgan fingerprint density at radius 1 is 0.909 bits per heavy atom. The molecule has 0 atom stereocenters. The van der Waals surface area contributed by atoms with Crippen LogP contribution in [0.3, 0.4) is 0 Å². The molecule has 0 bridgehead atoms. The molecule has 33 heavy (non-hydrogen) atoms. The fourth-order valence-corrected chi connectivity index (χ4v) is 9.51. The highest BCUT2D eigenvalue weighted by Gasteiger charge is 2.50. The third kappa shape index (κ3) is 4.68. The Kier molecular flexibility index (Phi) is 6.87. The number of benzene rings is 3. The summed E-state index contributed by atoms with van der Waals surface area (Å²) in [6.07, 6.45) is 3.61. The van der Waals surface area contributed by atoms with Crippen molar-refractivity contribution in [2.75, 3.05) is 7.11 Å². The molecule has 1 aliphatic rings. The van der Waals surface area contributed by atoms with Crippen molar-refractivity contribution in [1.82, 2.24) is 0 Å². The van der Waals surface area contributed by atoms with Gasteiger partial charge in [0.15, 0.2) is 0 Å². The highest BCUT2D eigenvalue weighted by Crippen LogP contribution is 2.39. The first-order valence-electron chi connectivity index (χ1n) is 11.8. The van der Waals surface area contributed by atoms with Gasteiger partial charge in [0.25, 0.3) is 8.32 Å². The summed E-state index contributed by atoms with van der Waals surface area (Å²) in [6, 6.07) is 27.5. The van der Waals surface area contributed by atoms with E-state index in [9.17, 15) is 4.79 Å². The number of ether oxygens (including phenoxy) is 1. The minimum Gasteiger partial charge on any atom is -0.465 e. The lowest BCUT2D eigenvalue weighted by Gasteiger charge is -2.43. The molecule has 0 aromatic heterocycles. The topological polar surface area (TPSA) is 35.5 Å². The van der Waals surface area contributed by atoms with Crippen molar-refractivity contribution in [3.8, 4) is 0 Å². The van der Waals surface area contributed by atoms with Crippen LogP contribution in [-0.2, 0) is 15.8 Å². The van der Waals surface area contributed by atoms with Gasteiger partial charge in [-0.1, -0.05) is 93.9 Å². The number of carbonyl (C=O) groups excluding carboxylic acids is 1. The molecule has 0 amide bonds. The first-order chi connectivity index (χ1) is 15.8. The number of rotatable bonds is 7. The van der Waals surface area contributed by atoms with Crippen molar-refractivity contribution < 1.29 is 14.0 Å². The van der Waals surface area contributed by atoms with Crippen LogP contribution in [0.15, 0.2) is 78.9 Å².